The molecule has 29 heavy (non-hydrogen) atoms. The summed E-state index contributed by atoms with van der Waals surface area (Å²) in [6.07, 6.45) is 7.04. The second-order valence-electron chi connectivity index (χ2n) is 7.36. The quantitative estimate of drug-likeness (QED) is 0.404. The summed E-state index contributed by atoms with van der Waals surface area (Å²) in [4.78, 5) is 11.7. The van der Waals surface area contributed by atoms with Gasteiger partial charge in [-0.2, -0.15) is 0 Å². The third kappa shape index (κ3) is 5.25. The largest absolute Gasteiger partial charge is 0.477 e. The molecule has 0 radical (unpaired) electrons. The minimum absolute atomic E-state index is 0.231. The molecule has 1 aliphatic rings. The molecule has 1 aromatic carbocycles. The first-order valence-corrected chi connectivity index (χ1v) is 9.99. The molecule has 2 heterocycles. The molecule has 6 nitrogen and oxygen atoms in total. The van der Waals surface area contributed by atoms with Crippen LogP contribution in [-0.2, 0) is 13.0 Å². The topological polar surface area (TPSA) is 74.3 Å². The molecule has 0 bridgehead atoms. The average molecular weight is 395 g/mol. The number of hydrogen-bond acceptors (Lipinski definition) is 3. The Labute approximate surface area is 169 Å². The molecule has 4 rings (SSSR count). The van der Waals surface area contributed by atoms with E-state index >= 15 is 0 Å². The molecule has 1 aliphatic carbocycles. The number of nitrogens with zero attached hydrogens (tertiary/aromatic N) is 2. The number of fused-ring (bicyclic) bond motifs is 1. The number of hydrogen-bond donors (Lipinski definition) is 3. The summed E-state index contributed by atoms with van der Waals surface area (Å²) in [7, 11) is 1.75. The van der Waals surface area contributed by atoms with Crippen LogP contribution in [0.5, 0.6) is 5.88 Å². The average Bonchev–Trinajstić information content (AvgIpc) is 3.49. The third-order valence-corrected chi connectivity index (χ3v) is 5.06. The Morgan fingerprint density at radius 3 is 3.00 bits per heavy atom. The van der Waals surface area contributed by atoms with Gasteiger partial charge in [-0.1, -0.05) is 0 Å². The van der Waals surface area contributed by atoms with E-state index in [9.17, 15) is 4.39 Å². The van der Waals surface area contributed by atoms with Gasteiger partial charge in [0.1, 0.15) is 5.82 Å². The van der Waals surface area contributed by atoms with Crippen molar-refractivity contribution in [1.82, 2.24) is 20.6 Å². The predicted octanol–water partition coefficient (Wildman–Crippen LogP) is 3.40. The molecule has 0 amide bonds. The van der Waals surface area contributed by atoms with Crippen molar-refractivity contribution in [2.45, 2.75) is 25.8 Å². The van der Waals surface area contributed by atoms with Crippen molar-refractivity contribution in [3.8, 4) is 5.88 Å². The third-order valence-electron chi connectivity index (χ3n) is 5.06. The van der Waals surface area contributed by atoms with Gasteiger partial charge in [-0.25, -0.2) is 9.37 Å². The maximum Gasteiger partial charge on any atom is 0.213 e. The fraction of sp³-hybridized carbons (Fsp3) is 0.364. The summed E-state index contributed by atoms with van der Waals surface area (Å²) < 4.78 is 19.1. The van der Waals surface area contributed by atoms with Crippen molar-refractivity contribution in [1.29, 1.82) is 0 Å². The second-order valence-corrected chi connectivity index (χ2v) is 7.36. The van der Waals surface area contributed by atoms with Gasteiger partial charge >= 0.3 is 0 Å². The summed E-state index contributed by atoms with van der Waals surface area (Å²) >= 11 is 0. The van der Waals surface area contributed by atoms with E-state index in [-0.39, 0.29) is 5.82 Å². The molecular weight excluding hydrogens is 369 g/mol. The minimum atomic E-state index is -0.231. The molecule has 2 aromatic heterocycles. The molecule has 7 heteroatoms. The Morgan fingerprint density at radius 1 is 1.28 bits per heavy atom. The summed E-state index contributed by atoms with van der Waals surface area (Å²) in [5.41, 5.74) is 3.06. The zero-order valence-corrected chi connectivity index (χ0v) is 16.5. The Morgan fingerprint density at radius 2 is 2.17 bits per heavy atom. The standard InChI is InChI=1S/C22H26FN5O/c1-24-22(26-9-7-17-13-27-20-11-18(23)4-5-19(17)20)28-12-16-6-8-25-21(10-16)29-14-15-2-3-15/h4-6,8,10-11,13,15,27H,2-3,7,9,12,14H2,1H3,(H2,24,26,28). The van der Waals surface area contributed by atoms with Crippen LogP contribution in [0.25, 0.3) is 10.9 Å². The number of halogens is 1. The Kier molecular flexibility index (Phi) is 5.93. The van der Waals surface area contributed by atoms with Crippen LogP contribution in [0.1, 0.15) is 24.0 Å². The van der Waals surface area contributed by atoms with E-state index in [4.69, 9.17) is 4.74 Å². The maximum atomic E-state index is 13.3. The Hall–Kier alpha value is -3.09. The zero-order valence-electron chi connectivity index (χ0n) is 16.5. The SMILES string of the molecule is CN=C(NCCc1c[nH]c2cc(F)ccc12)NCc1ccnc(OCC2CC2)c1. The molecule has 0 atom stereocenters. The van der Waals surface area contributed by atoms with Crippen LogP contribution in [-0.4, -0.2) is 36.1 Å². The first kappa shape index (κ1) is 19.2. The van der Waals surface area contributed by atoms with Gasteiger partial charge in [0.25, 0.3) is 0 Å². The number of rotatable bonds is 8. The van der Waals surface area contributed by atoms with Crippen molar-refractivity contribution < 1.29 is 9.13 Å². The first-order valence-electron chi connectivity index (χ1n) is 9.99. The minimum Gasteiger partial charge on any atom is -0.477 e. The van der Waals surface area contributed by atoms with E-state index in [2.05, 4.69) is 25.6 Å². The molecule has 0 saturated heterocycles. The van der Waals surface area contributed by atoms with E-state index in [1.165, 1.54) is 25.0 Å². The highest BCUT2D eigenvalue weighted by atomic mass is 19.1. The van der Waals surface area contributed by atoms with E-state index in [1.54, 1.807) is 13.2 Å². The summed E-state index contributed by atoms with van der Waals surface area (Å²) in [5.74, 6) is 1.88. The lowest BCUT2D eigenvalue weighted by Crippen LogP contribution is -2.37. The van der Waals surface area contributed by atoms with Crippen LogP contribution in [0.2, 0.25) is 0 Å². The van der Waals surface area contributed by atoms with Crippen LogP contribution in [0.4, 0.5) is 4.39 Å². The number of nitrogens with one attached hydrogen (secondary N) is 3. The number of benzene rings is 1. The van der Waals surface area contributed by atoms with Gasteiger partial charge < -0.3 is 20.4 Å². The second kappa shape index (κ2) is 8.94. The molecule has 3 N–H and O–H groups in total. The molecule has 3 aromatic rings. The highest BCUT2D eigenvalue weighted by Crippen LogP contribution is 2.29. The van der Waals surface area contributed by atoms with Crippen molar-refractivity contribution >= 4 is 16.9 Å². The molecule has 1 fully saturated rings. The zero-order chi connectivity index (χ0) is 20.1. The number of ether oxygens (including phenoxy) is 1. The molecule has 0 aliphatic heterocycles. The number of aromatic amines is 1. The monoisotopic (exact) mass is 395 g/mol. The van der Waals surface area contributed by atoms with E-state index in [1.807, 2.05) is 24.4 Å². The molecule has 1 saturated carbocycles. The molecule has 152 valence electrons. The van der Waals surface area contributed by atoms with Gasteiger partial charge in [0.15, 0.2) is 5.96 Å². The number of pyridine rings is 1. The van der Waals surface area contributed by atoms with Gasteiger partial charge in [-0.15, -0.1) is 0 Å². The van der Waals surface area contributed by atoms with Crippen LogP contribution in [0.15, 0.2) is 47.7 Å². The fourth-order valence-corrected chi connectivity index (χ4v) is 3.21. The van der Waals surface area contributed by atoms with Crippen LogP contribution in [0.3, 0.4) is 0 Å². The lowest BCUT2D eigenvalue weighted by molar-refractivity contribution is 0.288. The molecule has 0 spiro atoms. The molecular formula is C22H26FN5O. The van der Waals surface area contributed by atoms with E-state index < -0.39 is 0 Å². The van der Waals surface area contributed by atoms with Gasteiger partial charge in [0.2, 0.25) is 5.88 Å². The van der Waals surface area contributed by atoms with Crippen molar-refractivity contribution in [3.05, 3.63) is 59.7 Å². The van der Waals surface area contributed by atoms with Crippen molar-refractivity contribution in [2.75, 3.05) is 20.2 Å². The number of aliphatic imine (C=N–C) groups is 1. The number of aromatic nitrogens is 2. The van der Waals surface area contributed by atoms with Crippen molar-refractivity contribution in [3.63, 3.8) is 0 Å². The summed E-state index contributed by atoms with van der Waals surface area (Å²) in [5, 5.41) is 7.68. The van der Waals surface area contributed by atoms with E-state index in [0.717, 1.165) is 47.6 Å². The predicted molar refractivity (Wildman–Crippen MR) is 113 cm³/mol. The smallest absolute Gasteiger partial charge is 0.213 e. The maximum absolute atomic E-state index is 13.3. The summed E-state index contributed by atoms with van der Waals surface area (Å²) in [6, 6.07) is 8.76. The Balaban J connectivity index is 1.25. The van der Waals surface area contributed by atoms with Gasteiger partial charge in [-0.05, 0) is 60.6 Å². The lowest BCUT2D eigenvalue weighted by atomic mass is 10.1. The van der Waals surface area contributed by atoms with Gasteiger partial charge in [0.05, 0.1) is 6.61 Å². The van der Waals surface area contributed by atoms with Crippen molar-refractivity contribution in [2.24, 2.45) is 10.9 Å². The van der Waals surface area contributed by atoms with Crippen LogP contribution in [0, 0.1) is 11.7 Å². The highest BCUT2D eigenvalue weighted by Gasteiger charge is 2.22. The highest BCUT2D eigenvalue weighted by molar-refractivity contribution is 5.83. The van der Waals surface area contributed by atoms with Crippen LogP contribution >= 0.6 is 0 Å². The van der Waals surface area contributed by atoms with Crippen LogP contribution < -0.4 is 15.4 Å². The lowest BCUT2D eigenvalue weighted by Gasteiger charge is -2.12. The van der Waals surface area contributed by atoms with Gasteiger partial charge in [-0.3, -0.25) is 4.99 Å². The molecule has 0 unspecified atom stereocenters. The van der Waals surface area contributed by atoms with E-state index in [0.29, 0.717) is 18.3 Å². The van der Waals surface area contributed by atoms with Gasteiger partial charge in [0, 0.05) is 49.5 Å². The number of guanidine groups is 1. The Bertz CT molecular complexity index is 996. The normalized spacial score (nSPS) is 14.2. The first-order chi connectivity index (χ1) is 14.2. The number of H-pyrrole nitrogens is 1. The summed E-state index contributed by atoms with van der Waals surface area (Å²) in [6.45, 7) is 2.11. The fourth-order valence-electron chi connectivity index (χ4n) is 3.21.